The van der Waals surface area contributed by atoms with E-state index in [1.165, 1.54) is 24.3 Å². The smallest absolute Gasteiger partial charge is 0.338 e. The number of anilines is 1. The molecule has 30 heavy (non-hydrogen) atoms. The van der Waals surface area contributed by atoms with Gasteiger partial charge in [-0.2, -0.15) is 0 Å². The molecule has 9 heteroatoms. The number of rotatable bonds is 7. The van der Waals surface area contributed by atoms with Crippen molar-refractivity contribution in [2.45, 2.75) is 0 Å². The number of benzene rings is 3. The van der Waals surface area contributed by atoms with Crippen LogP contribution in [0.2, 0.25) is 5.02 Å². The van der Waals surface area contributed by atoms with E-state index in [-0.39, 0.29) is 22.0 Å². The summed E-state index contributed by atoms with van der Waals surface area (Å²) in [6.07, 6.45) is 0. The Kier molecular flexibility index (Phi) is 6.61. The molecule has 3 aromatic rings. The molecule has 0 radical (unpaired) electrons. The number of nitro benzene ring substituents is 1. The third-order valence-electron chi connectivity index (χ3n) is 3.81. The van der Waals surface area contributed by atoms with Gasteiger partial charge in [-0.1, -0.05) is 35.9 Å². The third kappa shape index (κ3) is 5.55. The zero-order chi connectivity index (χ0) is 21.5. The van der Waals surface area contributed by atoms with Crippen LogP contribution >= 0.6 is 11.6 Å². The second-order valence-electron chi connectivity index (χ2n) is 5.99. The number of carbonyl (C=O) groups excluding carboxylic acids is 2. The molecule has 0 spiro atoms. The van der Waals surface area contributed by atoms with Gasteiger partial charge in [-0.05, 0) is 42.5 Å². The molecule has 1 N–H and O–H groups in total. The number of nitrogens with zero attached hydrogens (tertiary/aromatic N) is 1. The molecule has 1 amide bonds. The minimum absolute atomic E-state index is 0.0521. The van der Waals surface area contributed by atoms with Gasteiger partial charge in [0.15, 0.2) is 6.61 Å². The van der Waals surface area contributed by atoms with E-state index in [0.717, 1.165) is 6.07 Å². The van der Waals surface area contributed by atoms with Crippen molar-refractivity contribution in [3.05, 3.63) is 93.5 Å². The molecule has 0 saturated carbocycles. The molecule has 152 valence electrons. The molecule has 0 fully saturated rings. The molecular formula is C21H15ClN2O6. The van der Waals surface area contributed by atoms with E-state index in [9.17, 15) is 19.7 Å². The Morgan fingerprint density at radius 1 is 0.967 bits per heavy atom. The summed E-state index contributed by atoms with van der Waals surface area (Å²) in [7, 11) is 0. The summed E-state index contributed by atoms with van der Waals surface area (Å²) in [5.74, 6) is -0.441. The van der Waals surface area contributed by atoms with Gasteiger partial charge in [-0.3, -0.25) is 14.9 Å². The summed E-state index contributed by atoms with van der Waals surface area (Å²) in [5, 5.41) is 13.6. The van der Waals surface area contributed by atoms with E-state index in [1.807, 2.05) is 18.2 Å². The minimum Gasteiger partial charge on any atom is -0.457 e. The van der Waals surface area contributed by atoms with E-state index < -0.39 is 23.4 Å². The Morgan fingerprint density at radius 2 is 1.70 bits per heavy atom. The summed E-state index contributed by atoms with van der Waals surface area (Å²) in [5.41, 5.74) is -0.231. The van der Waals surface area contributed by atoms with Gasteiger partial charge in [-0.25, -0.2) is 4.79 Å². The molecule has 3 rings (SSSR count). The fourth-order valence-electron chi connectivity index (χ4n) is 2.47. The van der Waals surface area contributed by atoms with E-state index in [4.69, 9.17) is 21.1 Å². The summed E-state index contributed by atoms with van der Waals surface area (Å²) >= 11 is 5.74. The van der Waals surface area contributed by atoms with Gasteiger partial charge in [-0.15, -0.1) is 0 Å². The lowest BCUT2D eigenvalue weighted by Gasteiger charge is -2.09. The standard InChI is InChI=1S/C21H15ClN2O6/c22-15-9-10-18(19(12-15)24(27)28)23-20(25)13-29-21(26)14-5-4-8-17(11-14)30-16-6-2-1-3-7-16/h1-12H,13H2,(H,23,25). The van der Waals surface area contributed by atoms with Crippen LogP contribution in [0.4, 0.5) is 11.4 Å². The highest BCUT2D eigenvalue weighted by Gasteiger charge is 2.18. The lowest BCUT2D eigenvalue weighted by atomic mass is 10.2. The van der Waals surface area contributed by atoms with Crippen LogP contribution in [0.25, 0.3) is 0 Å². The number of halogens is 1. The van der Waals surface area contributed by atoms with Gasteiger partial charge in [0.25, 0.3) is 11.6 Å². The highest BCUT2D eigenvalue weighted by molar-refractivity contribution is 6.31. The van der Waals surface area contributed by atoms with Gasteiger partial charge >= 0.3 is 5.97 Å². The fraction of sp³-hybridized carbons (Fsp3) is 0.0476. The number of hydrogen-bond acceptors (Lipinski definition) is 6. The first-order valence-corrected chi connectivity index (χ1v) is 9.04. The maximum absolute atomic E-state index is 12.2. The SMILES string of the molecule is O=C(COC(=O)c1cccc(Oc2ccccc2)c1)Nc1ccc(Cl)cc1[N+](=O)[O-]. The molecule has 0 unspecified atom stereocenters. The average molecular weight is 427 g/mol. The van der Waals surface area contributed by atoms with E-state index >= 15 is 0 Å². The number of nitro groups is 1. The van der Waals surface area contributed by atoms with Crippen molar-refractivity contribution in [3.63, 3.8) is 0 Å². The van der Waals surface area contributed by atoms with E-state index in [1.54, 1.807) is 24.3 Å². The van der Waals surface area contributed by atoms with Crippen molar-refractivity contribution in [3.8, 4) is 11.5 Å². The molecule has 0 aliphatic rings. The van der Waals surface area contributed by atoms with E-state index in [0.29, 0.717) is 11.5 Å². The number of amides is 1. The molecule has 0 saturated heterocycles. The zero-order valence-corrected chi connectivity index (χ0v) is 16.2. The molecule has 0 aliphatic carbocycles. The van der Waals surface area contributed by atoms with Crippen LogP contribution in [0.5, 0.6) is 11.5 Å². The Balaban J connectivity index is 1.60. The molecule has 0 aromatic heterocycles. The summed E-state index contributed by atoms with van der Waals surface area (Å²) in [6, 6.07) is 19.1. The topological polar surface area (TPSA) is 108 Å². The quantitative estimate of drug-likeness (QED) is 0.329. The highest BCUT2D eigenvalue weighted by Crippen LogP contribution is 2.27. The number of nitrogens with one attached hydrogen (secondary N) is 1. The largest absolute Gasteiger partial charge is 0.457 e. The molecule has 3 aromatic carbocycles. The maximum atomic E-state index is 12.2. The van der Waals surface area contributed by atoms with Crippen LogP contribution in [-0.4, -0.2) is 23.4 Å². The Labute approximate surface area is 176 Å². The maximum Gasteiger partial charge on any atom is 0.338 e. The van der Waals surface area contributed by atoms with Crippen molar-refractivity contribution in [2.24, 2.45) is 0 Å². The first kappa shape index (κ1) is 20.8. The molecular weight excluding hydrogens is 412 g/mol. The lowest BCUT2D eigenvalue weighted by molar-refractivity contribution is -0.383. The highest BCUT2D eigenvalue weighted by atomic mass is 35.5. The number of para-hydroxylation sites is 1. The Morgan fingerprint density at radius 3 is 2.43 bits per heavy atom. The monoisotopic (exact) mass is 426 g/mol. The van der Waals surface area contributed by atoms with Crippen molar-refractivity contribution in [2.75, 3.05) is 11.9 Å². The number of ether oxygens (including phenoxy) is 2. The Bertz CT molecular complexity index is 1090. The van der Waals surface area contributed by atoms with Crippen molar-refractivity contribution >= 4 is 34.9 Å². The second-order valence-corrected chi connectivity index (χ2v) is 6.42. The van der Waals surface area contributed by atoms with Gasteiger partial charge in [0, 0.05) is 11.1 Å². The van der Waals surface area contributed by atoms with Crippen LogP contribution in [0.1, 0.15) is 10.4 Å². The second kappa shape index (κ2) is 9.53. The van der Waals surface area contributed by atoms with Gasteiger partial charge in [0.2, 0.25) is 0 Å². The molecule has 8 nitrogen and oxygen atoms in total. The van der Waals surface area contributed by atoms with Crippen molar-refractivity contribution < 1.29 is 24.0 Å². The first-order chi connectivity index (χ1) is 14.4. The van der Waals surface area contributed by atoms with E-state index in [2.05, 4.69) is 5.32 Å². The van der Waals surface area contributed by atoms with Gasteiger partial charge in [0.05, 0.1) is 10.5 Å². The molecule has 0 heterocycles. The van der Waals surface area contributed by atoms with Gasteiger partial charge < -0.3 is 14.8 Å². The van der Waals surface area contributed by atoms with Crippen molar-refractivity contribution in [1.82, 2.24) is 0 Å². The zero-order valence-electron chi connectivity index (χ0n) is 15.4. The van der Waals surface area contributed by atoms with Crippen molar-refractivity contribution in [1.29, 1.82) is 0 Å². The van der Waals surface area contributed by atoms with Crippen LogP contribution in [-0.2, 0) is 9.53 Å². The van der Waals surface area contributed by atoms with Crippen LogP contribution in [0.3, 0.4) is 0 Å². The predicted octanol–water partition coefficient (Wildman–Crippen LogP) is 4.84. The molecule has 0 atom stereocenters. The third-order valence-corrected chi connectivity index (χ3v) is 4.05. The number of carbonyl (C=O) groups is 2. The summed E-state index contributed by atoms with van der Waals surface area (Å²) < 4.78 is 10.6. The number of esters is 1. The van der Waals surface area contributed by atoms with Crippen LogP contribution < -0.4 is 10.1 Å². The normalized spacial score (nSPS) is 10.2. The predicted molar refractivity (Wildman–Crippen MR) is 110 cm³/mol. The number of hydrogen-bond donors (Lipinski definition) is 1. The van der Waals surface area contributed by atoms with Crippen LogP contribution in [0, 0.1) is 10.1 Å². The first-order valence-electron chi connectivity index (χ1n) is 8.66. The van der Waals surface area contributed by atoms with Crippen LogP contribution in [0.15, 0.2) is 72.8 Å². The molecule has 0 aliphatic heterocycles. The molecule has 0 bridgehead atoms. The summed E-state index contributed by atoms with van der Waals surface area (Å²) in [6.45, 7) is -0.623. The average Bonchev–Trinajstić information content (AvgIpc) is 2.74. The lowest BCUT2D eigenvalue weighted by Crippen LogP contribution is -2.21. The Hall–Kier alpha value is -3.91. The summed E-state index contributed by atoms with van der Waals surface area (Å²) in [4.78, 5) is 34.7. The minimum atomic E-state index is -0.741. The van der Waals surface area contributed by atoms with Gasteiger partial charge in [0.1, 0.15) is 17.2 Å². The fourth-order valence-corrected chi connectivity index (χ4v) is 2.64.